The molecule has 1 N–H and O–H groups in total. The Bertz CT molecular complexity index is 408. The number of nitrogens with one attached hydrogen (secondary N) is 1. The molecule has 0 saturated heterocycles. The van der Waals surface area contributed by atoms with Crippen molar-refractivity contribution in [1.29, 1.82) is 0 Å². The summed E-state index contributed by atoms with van der Waals surface area (Å²) in [6, 6.07) is 6.46. The van der Waals surface area contributed by atoms with E-state index in [0.717, 1.165) is 28.8 Å². The first-order valence-corrected chi connectivity index (χ1v) is 7.68. The smallest absolute Gasteiger partial charge is 0.124 e. The van der Waals surface area contributed by atoms with Gasteiger partial charge in [-0.15, -0.1) is 0 Å². The average Bonchev–Trinajstić information content (AvgIpc) is 2.46. The fourth-order valence-corrected chi connectivity index (χ4v) is 3.33. The summed E-state index contributed by atoms with van der Waals surface area (Å²) in [4.78, 5) is 0. The molecule has 106 valence electrons. The lowest BCUT2D eigenvalue weighted by Crippen LogP contribution is -2.37. The zero-order chi connectivity index (χ0) is 13.7. The highest BCUT2D eigenvalue weighted by atomic mass is 35.5. The van der Waals surface area contributed by atoms with Gasteiger partial charge in [0.2, 0.25) is 0 Å². The summed E-state index contributed by atoms with van der Waals surface area (Å²) in [6.07, 6.45) is 6.62. The Balaban J connectivity index is 2.01. The van der Waals surface area contributed by atoms with Gasteiger partial charge in [-0.2, -0.15) is 0 Å². The Morgan fingerprint density at radius 2 is 2.11 bits per heavy atom. The molecule has 1 aliphatic rings. The van der Waals surface area contributed by atoms with Crippen molar-refractivity contribution in [3.63, 3.8) is 0 Å². The first-order valence-electron chi connectivity index (χ1n) is 7.31. The minimum absolute atomic E-state index is 0.625. The number of ether oxygens (including phenoxy) is 1. The second-order valence-corrected chi connectivity index (χ2v) is 5.77. The summed E-state index contributed by atoms with van der Waals surface area (Å²) < 4.78 is 5.39. The lowest BCUT2D eigenvalue weighted by atomic mass is 9.83. The molecule has 2 rings (SSSR count). The molecule has 0 amide bonds. The van der Waals surface area contributed by atoms with Gasteiger partial charge in [0.05, 0.1) is 7.11 Å². The van der Waals surface area contributed by atoms with Crippen LogP contribution in [0, 0.1) is 5.92 Å². The van der Waals surface area contributed by atoms with Crippen LogP contribution in [0.2, 0.25) is 5.02 Å². The lowest BCUT2D eigenvalue weighted by molar-refractivity contribution is 0.253. The lowest BCUT2D eigenvalue weighted by Gasteiger charge is -2.32. The summed E-state index contributed by atoms with van der Waals surface area (Å²) in [5.74, 6) is 1.69. The van der Waals surface area contributed by atoms with Gasteiger partial charge >= 0.3 is 0 Å². The molecule has 1 aromatic rings. The maximum absolute atomic E-state index is 6.28. The standard InChI is InChI=1S/C16H24ClNO/c1-3-12-7-4-5-9-15(12)18-11-13-14(17)8-6-10-16(13)19-2/h6,8,10,12,15,18H,3-5,7,9,11H2,1-2H3. The van der Waals surface area contributed by atoms with E-state index < -0.39 is 0 Å². The van der Waals surface area contributed by atoms with Gasteiger partial charge in [0, 0.05) is 23.2 Å². The molecule has 1 aromatic carbocycles. The fraction of sp³-hybridized carbons (Fsp3) is 0.625. The van der Waals surface area contributed by atoms with Gasteiger partial charge in [-0.25, -0.2) is 0 Å². The number of rotatable bonds is 5. The number of hydrogen-bond acceptors (Lipinski definition) is 2. The van der Waals surface area contributed by atoms with Crippen LogP contribution in [-0.2, 0) is 6.54 Å². The average molecular weight is 282 g/mol. The van der Waals surface area contributed by atoms with Crippen molar-refractivity contribution in [2.24, 2.45) is 5.92 Å². The third kappa shape index (κ3) is 3.64. The summed E-state index contributed by atoms with van der Waals surface area (Å²) in [6.45, 7) is 3.09. The summed E-state index contributed by atoms with van der Waals surface area (Å²) in [5.41, 5.74) is 1.08. The second-order valence-electron chi connectivity index (χ2n) is 5.36. The monoisotopic (exact) mass is 281 g/mol. The minimum atomic E-state index is 0.625. The van der Waals surface area contributed by atoms with Crippen molar-refractivity contribution in [2.75, 3.05) is 7.11 Å². The molecule has 0 heterocycles. The number of hydrogen-bond donors (Lipinski definition) is 1. The maximum atomic E-state index is 6.28. The van der Waals surface area contributed by atoms with Crippen molar-refractivity contribution >= 4 is 11.6 Å². The van der Waals surface area contributed by atoms with Crippen molar-refractivity contribution < 1.29 is 4.74 Å². The number of benzene rings is 1. The topological polar surface area (TPSA) is 21.3 Å². The van der Waals surface area contributed by atoms with Gasteiger partial charge < -0.3 is 10.1 Å². The van der Waals surface area contributed by atoms with E-state index in [1.807, 2.05) is 18.2 Å². The van der Waals surface area contributed by atoms with E-state index in [1.165, 1.54) is 32.1 Å². The summed E-state index contributed by atoms with van der Waals surface area (Å²) in [5, 5.41) is 4.48. The third-order valence-electron chi connectivity index (χ3n) is 4.27. The zero-order valence-corrected chi connectivity index (χ0v) is 12.7. The Labute approximate surface area is 121 Å². The summed E-state index contributed by atoms with van der Waals surface area (Å²) >= 11 is 6.28. The highest BCUT2D eigenvalue weighted by Gasteiger charge is 2.23. The Hall–Kier alpha value is -0.730. The van der Waals surface area contributed by atoms with Crippen LogP contribution in [0.25, 0.3) is 0 Å². The van der Waals surface area contributed by atoms with Gasteiger partial charge in [0.1, 0.15) is 5.75 Å². The molecular weight excluding hydrogens is 258 g/mol. The van der Waals surface area contributed by atoms with Crippen LogP contribution >= 0.6 is 11.6 Å². The van der Waals surface area contributed by atoms with Crippen LogP contribution in [0.3, 0.4) is 0 Å². The first-order chi connectivity index (χ1) is 9.26. The normalized spacial score (nSPS) is 23.3. The Kier molecular flexibility index (Phi) is 5.53. The van der Waals surface area contributed by atoms with E-state index in [-0.39, 0.29) is 0 Å². The molecule has 0 aliphatic heterocycles. The Morgan fingerprint density at radius 1 is 1.32 bits per heavy atom. The molecular formula is C16H24ClNO. The van der Waals surface area contributed by atoms with E-state index in [0.29, 0.717) is 6.04 Å². The molecule has 3 heteroatoms. The highest BCUT2D eigenvalue weighted by Crippen LogP contribution is 2.29. The molecule has 2 nitrogen and oxygen atoms in total. The van der Waals surface area contributed by atoms with Crippen LogP contribution in [0.15, 0.2) is 18.2 Å². The molecule has 19 heavy (non-hydrogen) atoms. The maximum Gasteiger partial charge on any atom is 0.124 e. The number of halogens is 1. The molecule has 2 unspecified atom stereocenters. The van der Waals surface area contributed by atoms with Crippen LogP contribution in [0.5, 0.6) is 5.75 Å². The van der Waals surface area contributed by atoms with Gasteiger partial charge in [0.25, 0.3) is 0 Å². The second kappa shape index (κ2) is 7.16. The van der Waals surface area contributed by atoms with Crippen LogP contribution in [-0.4, -0.2) is 13.2 Å². The van der Waals surface area contributed by atoms with E-state index in [1.54, 1.807) is 7.11 Å². The predicted molar refractivity (Wildman–Crippen MR) is 80.9 cm³/mol. The Morgan fingerprint density at radius 3 is 2.84 bits per heavy atom. The minimum Gasteiger partial charge on any atom is -0.496 e. The van der Waals surface area contributed by atoms with Gasteiger partial charge in [-0.1, -0.05) is 43.9 Å². The molecule has 1 aliphatic carbocycles. The molecule has 1 fully saturated rings. The van der Waals surface area contributed by atoms with E-state index in [2.05, 4.69) is 12.2 Å². The van der Waals surface area contributed by atoms with Gasteiger partial charge in [0.15, 0.2) is 0 Å². The molecule has 0 radical (unpaired) electrons. The first kappa shape index (κ1) is 14.7. The van der Waals surface area contributed by atoms with Crippen LogP contribution in [0.1, 0.15) is 44.6 Å². The largest absolute Gasteiger partial charge is 0.496 e. The third-order valence-corrected chi connectivity index (χ3v) is 4.62. The van der Waals surface area contributed by atoms with Gasteiger partial charge in [-0.05, 0) is 30.9 Å². The SMILES string of the molecule is CCC1CCCCC1NCc1c(Cl)cccc1OC. The van der Waals surface area contributed by atoms with E-state index in [9.17, 15) is 0 Å². The van der Waals surface area contributed by atoms with Gasteiger partial charge in [-0.3, -0.25) is 0 Å². The van der Waals surface area contributed by atoms with Crippen molar-refractivity contribution in [3.8, 4) is 5.75 Å². The molecule has 2 atom stereocenters. The summed E-state index contributed by atoms with van der Waals surface area (Å²) in [7, 11) is 1.70. The highest BCUT2D eigenvalue weighted by molar-refractivity contribution is 6.31. The quantitative estimate of drug-likeness (QED) is 0.863. The van der Waals surface area contributed by atoms with Crippen molar-refractivity contribution in [2.45, 2.75) is 51.6 Å². The molecule has 1 saturated carbocycles. The van der Waals surface area contributed by atoms with Crippen LogP contribution < -0.4 is 10.1 Å². The molecule has 0 bridgehead atoms. The van der Waals surface area contributed by atoms with E-state index in [4.69, 9.17) is 16.3 Å². The van der Waals surface area contributed by atoms with Crippen molar-refractivity contribution in [1.82, 2.24) is 5.32 Å². The zero-order valence-electron chi connectivity index (χ0n) is 11.9. The fourth-order valence-electron chi connectivity index (χ4n) is 3.10. The predicted octanol–water partition coefficient (Wildman–Crippen LogP) is 4.41. The van der Waals surface area contributed by atoms with E-state index >= 15 is 0 Å². The molecule has 0 aromatic heterocycles. The van der Waals surface area contributed by atoms with Crippen LogP contribution in [0.4, 0.5) is 0 Å². The number of methoxy groups -OCH3 is 1. The molecule has 0 spiro atoms. The van der Waals surface area contributed by atoms with Crippen molar-refractivity contribution in [3.05, 3.63) is 28.8 Å².